The molecule has 0 atom stereocenters. The van der Waals surface area contributed by atoms with Gasteiger partial charge >= 0.3 is 11.9 Å². The normalized spacial score (nSPS) is 10.4. The molecule has 0 spiro atoms. The molecular weight excluding hydrogens is 248 g/mol. The summed E-state index contributed by atoms with van der Waals surface area (Å²) in [6, 6.07) is 4.87. The van der Waals surface area contributed by atoms with Crippen LogP contribution in [0.4, 0.5) is 0 Å². The van der Waals surface area contributed by atoms with Crippen LogP contribution in [0.3, 0.4) is 0 Å². The van der Waals surface area contributed by atoms with Crippen molar-refractivity contribution in [2.75, 3.05) is 13.2 Å². The average molecular weight is 262 g/mol. The van der Waals surface area contributed by atoms with Gasteiger partial charge in [-0.25, -0.2) is 9.59 Å². The molecule has 0 aliphatic heterocycles. The zero-order valence-electron chi connectivity index (χ0n) is 10.7. The molecule has 2 rings (SSSR count). The predicted molar refractivity (Wildman–Crippen MR) is 68.0 cm³/mol. The molecule has 19 heavy (non-hydrogen) atoms. The van der Waals surface area contributed by atoms with Gasteiger partial charge in [-0.05, 0) is 32.0 Å². The molecule has 1 heterocycles. The Kier molecular flexibility index (Phi) is 3.79. The number of H-pyrrole nitrogens is 1. The van der Waals surface area contributed by atoms with E-state index in [2.05, 4.69) is 10.2 Å². The Bertz CT molecular complexity index is 618. The molecule has 0 aliphatic carbocycles. The van der Waals surface area contributed by atoms with Gasteiger partial charge in [0, 0.05) is 5.39 Å². The molecule has 0 fully saturated rings. The number of carbonyl (C=O) groups is 2. The fourth-order valence-corrected chi connectivity index (χ4v) is 1.71. The number of esters is 2. The van der Waals surface area contributed by atoms with Gasteiger partial charge in [-0.1, -0.05) is 0 Å². The molecule has 0 amide bonds. The second kappa shape index (κ2) is 5.51. The highest BCUT2D eigenvalue weighted by molar-refractivity contribution is 6.04. The number of aromatic amines is 1. The lowest BCUT2D eigenvalue weighted by Crippen LogP contribution is -2.07. The Morgan fingerprint density at radius 3 is 2.53 bits per heavy atom. The number of benzene rings is 1. The number of carbonyl (C=O) groups excluding carboxylic acids is 2. The molecule has 1 N–H and O–H groups in total. The Labute approximate surface area is 109 Å². The number of rotatable bonds is 4. The minimum absolute atomic E-state index is 0.169. The fraction of sp³-hybridized carbons (Fsp3) is 0.308. The summed E-state index contributed by atoms with van der Waals surface area (Å²) in [5.41, 5.74) is 1.21. The van der Waals surface area contributed by atoms with Gasteiger partial charge in [0.25, 0.3) is 0 Å². The van der Waals surface area contributed by atoms with Crippen molar-refractivity contribution in [1.29, 1.82) is 0 Å². The van der Waals surface area contributed by atoms with Crippen molar-refractivity contribution in [2.45, 2.75) is 13.8 Å². The van der Waals surface area contributed by atoms with Crippen LogP contribution in [0.15, 0.2) is 18.2 Å². The topological polar surface area (TPSA) is 81.3 Å². The first-order chi connectivity index (χ1) is 9.17. The number of nitrogens with one attached hydrogen (secondary N) is 1. The van der Waals surface area contributed by atoms with Gasteiger partial charge in [0.15, 0.2) is 5.69 Å². The largest absolute Gasteiger partial charge is 0.462 e. The van der Waals surface area contributed by atoms with Gasteiger partial charge in [-0.3, -0.25) is 5.10 Å². The van der Waals surface area contributed by atoms with Crippen LogP contribution in [0.5, 0.6) is 0 Å². The molecule has 0 saturated carbocycles. The van der Waals surface area contributed by atoms with Gasteiger partial charge in [0.2, 0.25) is 0 Å². The van der Waals surface area contributed by atoms with E-state index in [4.69, 9.17) is 9.47 Å². The summed E-state index contributed by atoms with van der Waals surface area (Å²) in [6.45, 7) is 4.02. The SMILES string of the molecule is CCOC(=O)c1ccc2[nH]nc(C(=O)OCC)c2c1. The molecule has 6 nitrogen and oxygen atoms in total. The molecule has 1 aromatic carbocycles. The summed E-state index contributed by atoms with van der Waals surface area (Å²) in [7, 11) is 0. The van der Waals surface area contributed by atoms with Gasteiger partial charge in [-0.15, -0.1) is 0 Å². The van der Waals surface area contributed by atoms with E-state index in [1.54, 1.807) is 32.0 Å². The Hall–Kier alpha value is -2.37. The monoisotopic (exact) mass is 262 g/mol. The van der Waals surface area contributed by atoms with E-state index in [0.717, 1.165) is 0 Å². The van der Waals surface area contributed by atoms with E-state index in [-0.39, 0.29) is 12.3 Å². The van der Waals surface area contributed by atoms with E-state index >= 15 is 0 Å². The standard InChI is InChI=1S/C13H14N2O4/c1-3-18-12(16)8-5-6-10-9(7-8)11(15-14-10)13(17)19-4-2/h5-7H,3-4H2,1-2H3,(H,14,15). The Balaban J connectivity index is 2.42. The van der Waals surface area contributed by atoms with Gasteiger partial charge < -0.3 is 9.47 Å². The summed E-state index contributed by atoms with van der Waals surface area (Å²) in [5, 5.41) is 7.18. The van der Waals surface area contributed by atoms with Crippen molar-refractivity contribution in [3.05, 3.63) is 29.5 Å². The number of hydrogen-bond acceptors (Lipinski definition) is 5. The predicted octanol–water partition coefficient (Wildman–Crippen LogP) is 1.92. The van der Waals surface area contributed by atoms with E-state index in [9.17, 15) is 9.59 Å². The maximum atomic E-state index is 11.7. The minimum atomic E-state index is -0.519. The molecule has 0 unspecified atom stereocenters. The number of fused-ring (bicyclic) bond motifs is 1. The van der Waals surface area contributed by atoms with Crippen LogP contribution in [0.2, 0.25) is 0 Å². The molecule has 0 saturated heterocycles. The van der Waals surface area contributed by atoms with Crippen LogP contribution in [-0.2, 0) is 9.47 Å². The highest BCUT2D eigenvalue weighted by Gasteiger charge is 2.17. The zero-order chi connectivity index (χ0) is 13.8. The third-order valence-electron chi connectivity index (χ3n) is 2.54. The zero-order valence-corrected chi connectivity index (χ0v) is 10.7. The molecule has 100 valence electrons. The third kappa shape index (κ3) is 2.57. The first-order valence-corrected chi connectivity index (χ1v) is 5.99. The quantitative estimate of drug-likeness (QED) is 0.851. The number of ether oxygens (including phenoxy) is 2. The maximum Gasteiger partial charge on any atom is 0.359 e. The lowest BCUT2D eigenvalue weighted by atomic mass is 10.1. The van der Waals surface area contributed by atoms with E-state index in [1.165, 1.54) is 0 Å². The van der Waals surface area contributed by atoms with E-state index in [0.29, 0.717) is 23.1 Å². The smallest absolute Gasteiger partial charge is 0.359 e. The highest BCUT2D eigenvalue weighted by atomic mass is 16.5. The summed E-state index contributed by atoms with van der Waals surface area (Å²) < 4.78 is 9.82. The average Bonchev–Trinajstić information content (AvgIpc) is 2.82. The molecule has 1 aromatic heterocycles. The molecule has 0 radical (unpaired) electrons. The Morgan fingerprint density at radius 1 is 1.16 bits per heavy atom. The van der Waals surface area contributed by atoms with E-state index in [1.807, 2.05) is 0 Å². The van der Waals surface area contributed by atoms with Crippen LogP contribution in [0, 0.1) is 0 Å². The first kappa shape index (κ1) is 13.1. The van der Waals surface area contributed by atoms with Crippen molar-refractivity contribution < 1.29 is 19.1 Å². The first-order valence-electron chi connectivity index (χ1n) is 5.99. The van der Waals surface area contributed by atoms with Crippen LogP contribution >= 0.6 is 0 Å². The lowest BCUT2D eigenvalue weighted by molar-refractivity contribution is 0.0512. The van der Waals surface area contributed by atoms with Crippen LogP contribution in [0.1, 0.15) is 34.7 Å². The third-order valence-corrected chi connectivity index (χ3v) is 2.54. The van der Waals surface area contributed by atoms with Crippen LogP contribution in [0.25, 0.3) is 10.9 Å². The second-order valence-corrected chi connectivity index (χ2v) is 3.77. The Morgan fingerprint density at radius 2 is 1.84 bits per heavy atom. The second-order valence-electron chi connectivity index (χ2n) is 3.77. The van der Waals surface area contributed by atoms with Crippen molar-refractivity contribution in [2.24, 2.45) is 0 Å². The number of aromatic nitrogens is 2. The van der Waals surface area contributed by atoms with Crippen LogP contribution < -0.4 is 0 Å². The summed E-state index contributed by atoms with van der Waals surface area (Å²) in [4.78, 5) is 23.4. The summed E-state index contributed by atoms with van der Waals surface area (Å²) in [5.74, 6) is -0.949. The number of hydrogen-bond donors (Lipinski definition) is 1. The molecule has 2 aromatic rings. The lowest BCUT2D eigenvalue weighted by Gasteiger charge is -2.02. The fourth-order valence-electron chi connectivity index (χ4n) is 1.71. The van der Waals surface area contributed by atoms with Gasteiger partial charge in [-0.2, -0.15) is 5.10 Å². The summed E-state index contributed by atoms with van der Waals surface area (Å²) >= 11 is 0. The van der Waals surface area contributed by atoms with Gasteiger partial charge in [0.05, 0.1) is 24.3 Å². The molecular formula is C13H14N2O4. The molecule has 0 aliphatic rings. The summed E-state index contributed by atoms with van der Waals surface area (Å²) in [6.07, 6.45) is 0. The van der Waals surface area contributed by atoms with E-state index < -0.39 is 11.9 Å². The minimum Gasteiger partial charge on any atom is -0.462 e. The molecule has 6 heteroatoms. The van der Waals surface area contributed by atoms with Crippen LogP contribution in [-0.4, -0.2) is 35.3 Å². The highest BCUT2D eigenvalue weighted by Crippen LogP contribution is 2.19. The number of nitrogens with zero attached hydrogens (tertiary/aromatic N) is 1. The van der Waals surface area contributed by atoms with Crippen molar-refractivity contribution >= 4 is 22.8 Å². The molecule has 0 bridgehead atoms. The van der Waals surface area contributed by atoms with Crippen molar-refractivity contribution in [3.8, 4) is 0 Å². The van der Waals surface area contributed by atoms with Crippen molar-refractivity contribution in [1.82, 2.24) is 10.2 Å². The maximum absolute atomic E-state index is 11.7. The van der Waals surface area contributed by atoms with Gasteiger partial charge in [0.1, 0.15) is 0 Å². The van der Waals surface area contributed by atoms with Crippen molar-refractivity contribution in [3.63, 3.8) is 0 Å².